The van der Waals surface area contributed by atoms with E-state index in [9.17, 15) is 14.4 Å². The van der Waals surface area contributed by atoms with E-state index >= 15 is 0 Å². The van der Waals surface area contributed by atoms with Crippen LogP contribution in [0.4, 0.5) is 5.69 Å². The lowest BCUT2D eigenvalue weighted by Gasteiger charge is -2.12. The van der Waals surface area contributed by atoms with Crippen LogP contribution < -0.4 is 15.6 Å². The van der Waals surface area contributed by atoms with Gasteiger partial charge in [0.15, 0.2) is 0 Å². The number of carbonyl (C=O) groups is 2. The van der Waals surface area contributed by atoms with E-state index in [2.05, 4.69) is 10.3 Å². The molecule has 2 heterocycles. The quantitative estimate of drug-likeness (QED) is 0.660. The highest BCUT2D eigenvalue weighted by Gasteiger charge is 2.23. The number of hydrogen-bond acceptors (Lipinski definition) is 7. The lowest BCUT2D eigenvalue weighted by molar-refractivity contribution is -0.144. The summed E-state index contributed by atoms with van der Waals surface area (Å²) in [4.78, 5) is 42.5. The van der Waals surface area contributed by atoms with Gasteiger partial charge in [0.05, 0.1) is 36.5 Å². The molecule has 0 unspecified atom stereocenters. The van der Waals surface area contributed by atoms with Gasteiger partial charge in [-0.1, -0.05) is 12.1 Å². The number of rotatable bonds is 5. The molecule has 9 heteroatoms. The Morgan fingerprint density at radius 1 is 1.25 bits per heavy atom. The van der Waals surface area contributed by atoms with Gasteiger partial charge >= 0.3 is 5.97 Å². The zero-order valence-electron chi connectivity index (χ0n) is 15.8. The highest BCUT2D eigenvalue weighted by molar-refractivity contribution is 7.20. The molecule has 146 valence electrons. The van der Waals surface area contributed by atoms with Crippen LogP contribution >= 0.6 is 11.3 Å². The second-order valence-corrected chi connectivity index (χ2v) is 7.05. The number of aromatic nitrogens is 2. The second-order valence-electron chi connectivity index (χ2n) is 6.05. The van der Waals surface area contributed by atoms with Crippen molar-refractivity contribution in [3.63, 3.8) is 0 Å². The van der Waals surface area contributed by atoms with Crippen molar-refractivity contribution in [2.75, 3.05) is 19.5 Å². The molecule has 1 atom stereocenters. The van der Waals surface area contributed by atoms with E-state index in [-0.39, 0.29) is 5.91 Å². The van der Waals surface area contributed by atoms with Crippen molar-refractivity contribution in [2.45, 2.75) is 19.9 Å². The molecular formula is C19H19N3O5S. The van der Waals surface area contributed by atoms with E-state index < -0.39 is 17.6 Å². The van der Waals surface area contributed by atoms with E-state index in [1.165, 1.54) is 25.1 Å². The molecule has 0 radical (unpaired) electrons. The first kappa shape index (κ1) is 19.6. The lowest BCUT2D eigenvalue weighted by Crippen LogP contribution is -2.29. The number of fused-ring (bicyclic) bond motifs is 1. The molecule has 0 saturated heterocycles. The van der Waals surface area contributed by atoms with Gasteiger partial charge in [-0.2, -0.15) is 0 Å². The number of carbonyl (C=O) groups excluding carboxylic acids is 2. The first-order valence-corrected chi connectivity index (χ1v) is 9.23. The number of anilines is 1. The number of amides is 1. The first-order chi connectivity index (χ1) is 13.4. The smallest absolute Gasteiger partial charge is 0.328 e. The molecule has 28 heavy (non-hydrogen) atoms. The van der Waals surface area contributed by atoms with E-state index in [1.54, 1.807) is 38.1 Å². The maximum atomic E-state index is 12.9. The molecular weight excluding hydrogens is 382 g/mol. The number of nitrogens with one attached hydrogen (secondary N) is 1. The number of esters is 1. The van der Waals surface area contributed by atoms with Gasteiger partial charge in [-0.3, -0.25) is 14.2 Å². The molecule has 1 amide bonds. The van der Waals surface area contributed by atoms with Crippen molar-refractivity contribution < 1.29 is 19.1 Å². The largest absolute Gasteiger partial charge is 0.495 e. The number of benzene rings is 1. The Balaban J connectivity index is 2.03. The van der Waals surface area contributed by atoms with Crippen molar-refractivity contribution in [1.82, 2.24) is 9.55 Å². The molecule has 8 nitrogen and oxygen atoms in total. The highest BCUT2D eigenvalue weighted by atomic mass is 32.1. The molecule has 0 fully saturated rings. The molecule has 0 aliphatic heterocycles. The molecule has 3 rings (SSSR count). The molecule has 1 aromatic carbocycles. The topological polar surface area (TPSA) is 99.5 Å². The Kier molecular flexibility index (Phi) is 5.46. The number of thiophene rings is 1. The number of aryl methyl sites for hydroxylation is 1. The zero-order valence-corrected chi connectivity index (χ0v) is 16.6. The first-order valence-electron chi connectivity index (χ1n) is 8.41. The highest BCUT2D eigenvalue weighted by Crippen LogP contribution is 2.30. The minimum absolute atomic E-state index is 0.313. The van der Waals surface area contributed by atoms with Crippen molar-refractivity contribution in [3.8, 4) is 5.75 Å². The third-order valence-corrected chi connectivity index (χ3v) is 5.60. The van der Waals surface area contributed by atoms with Crippen LogP contribution in [0.25, 0.3) is 10.2 Å². The minimum Gasteiger partial charge on any atom is -0.495 e. The Morgan fingerprint density at radius 2 is 1.96 bits per heavy atom. The van der Waals surface area contributed by atoms with Gasteiger partial charge in [-0.15, -0.1) is 11.3 Å². The van der Waals surface area contributed by atoms with Crippen LogP contribution in [-0.2, 0) is 9.53 Å². The van der Waals surface area contributed by atoms with Crippen LogP contribution in [0.2, 0.25) is 0 Å². The maximum Gasteiger partial charge on any atom is 0.328 e. The molecule has 0 aliphatic carbocycles. The third-order valence-electron chi connectivity index (χ3n) is 4.40. The average molecular weight is 401 g/mol. The SMILES string of the molecule is COC(=O)[C@H](C)n1cnc2sc(C(=O)Nc3ccccc3OC)c(C)c2c1=O. The van der Waals surface area contributed by atoms with Gasteiger partial charge in [0.2, 0.25) is 0 Å². The van der Waals surface area contributed by atoms with E-state index in [1.807, 2.05) is 0 Å². The monoisotopic (exact) mass is 401 g/mol. The summed E-state index contributed by atoms with van der Waals surface area (Å²) in [5.74, 6) is -0.385. The van der Waals surface area contributed by atoms with Gasteiger partial charge in [-0.05, 0) is 31.5 Å². The van der Waals surface area contributed by atoms with Crippen molar-refractivity contribution in [3.05, 3.63) is 51.4 Å². The summed E-state index contributed by atoms with van der Waals surface area (Å²) < 4.78 is 11.1. The van der Waals surface area contributed by atoms with Crippen LogP contribution in [0.5, 0.6) is 5.75 Å². The van der Waals surface area contributed by atoms with Crippen LogP contribution in [0, 0.1) is 6.92 Å². The molecule has 1 N–H and O–H groups in total. The number of ether oxygens (including phenoxy) is 2. The van der Waals surface area contributed by atoms with E-state index in [0.29, 0.717) is 32.1 Å². The van der Waals surface area contributed by atoms with Crippen molar-refractivity contribution in [2.24, 2.45) is 0 Å². The number of methoxy groups -OCH3 is 2. The maximum absolute atomic E-state index is 12.9. The summed E-state index contributed by atoms with van der Waals surface area (Å²) >= 11 is 1.12. The summed E-state index contributed by atoms with van der Waals surface area (Å²) in [6.45, 7) is 3.24. The Hall–Kier alpha value is -3.20. The van der Waals surface area contributed by atoms with Gasteiger partial charge < -0.3 is 14.8 Å². The molecule has 0 spiro atoms. The van der Waals surface area contributed by atoms with Crippen molar-refractivity contribution in [1.29, 1.82) is 0 Å². The van der Waals surface area contributed by atoms with Crippen LogP contribution in [0.1, 0.15) is 28.2 Å². The number of nitrogens with zero attached hydrogens (tertiary/aromatic N) is 2. The molecule has 0 aliphatic rings. The van der Waals surface area contributed by atoms with Crippen LogP contribution in [-0.4, -0.2) is 35.6 Å². The molecule has 0 saturated carbocycles. The van der Waals surface area contributed by atoms with Crippen molar-refractivity contribution >= 4 is 39.1 Å². The zero-order chi connectivity index (χ0) is 20.4. The van der Waals surface area contributed by atoms with E-state index in [4.69, 9.17) is 9.47 Å². The fraction of sp³-hybridized carbons (Fsp3) is 0.263. The fourth-order valence-corrected chi connectivity index (χ4v) is 3.88. The predicted octanol–water partition coefficient (Wildman–Crippen LogP) is 2.76. The van der Waals surface area contributed by atoms with Crippen LogP contribution in [0.15, 0.2) is 35.4 Å². The average Bonchev–Trinajstić information content (AvgIpc) is 3.05. The number of para-hydroxylation sites is 2. The predicted molar refractivity (Wildman–Crippen MR) is 106 cm³/mol. The normalized spacial score (nSPS) is 11.9. The third kappa shape index (κ3) is 3.36. The second kappa shape index (κ2) is 7.81. The summed E-state index contributed by atoms with van der Waals surface area (Å²) in [5, 5.41) is 3.11. The minimum atomic E-state index is -0.820. The van der Waals surface area contributed by atoms with Crippen LogP contribution in [0.3, 0.4) is 0 Å². The van der Waals surface area contributed by atoms with Gasteiger partial charge in [0.1, 0.15) is 16.6 Å². The Morgan fingerprint density at radius 3 is 2.64 bits per heavy atom. The van der Waals surface area contributed by atoms with E-state index in [0.717, 1.165) is 11.3 Å². The Bertz CT molecular complexity index is 1120. The lowest BCUT2D eigenvalue weighted by atomic mass is 10.2. The summed E-state index contributed by atoms with van der Waals surface area (Å²) in [6, 6.07) is 6.22. The summed E-state index contributed by atoms with van der Waals surface area (Å²) in [7, 11) is 2.77. The molecule has 2 aromatic heterocycles. The number of hydrogen-bond donors (Lipinski definition) is 1. The summed E-state index contributed by atoms with van der Waals surface area (Å²) in [5.41, 5.74) is 0.640. The molecule has 3 aromatic rings. The van der Waals surface area contributed by atoms with Gasteiger partial charge in [0.25, 0.3) is 11.5 Å². The summed E-state index contributed by atoms with van der Waals surface area (Å²) in [6.07, 6.45) is 1.30. The fourth-order valence-electron chi connectivity index (χ4n) is 2.84. The van der Waals surface area contributed by atoms with Gasteiger partial charge in [0, 0.05) is 0 Å². The standard InChI is InChI=1S/C19H19N3O5S/c1-10-14-17(20-9-22(18(14)24)11(2)19(25)27-4)28-15(10)16(23)21-12-7-5-6-8-13(12)26-3/h5-9,11H,1-4H3,(H,21,23)/t11-/m0/s1. The molecule has 0 bridgehead atoms. The van der Waals surface area contributed by atoms with Gasteiger partial charge in [-0.25, -0.2) is 9.78 Å². The Labute approximate surface area is 164 Å².